The lowest BCUT2D eigenvalue weighted by atomic mass is 9.93. The molecular formula is C19H22N6O3. The third kappa shape index (κ3) is 2.47. The van der Waals surface area contributed by atoms with Crippen molar-refractivity contribution in [3.63, 3.8) is 0 Å². The van der Waals surface area contributed by atoms with Crippen molar-refractivity contribution in [1.82, 2.24) is 25.3 Å². The molecule has 6 heterocycles. The Labute approximate surface area is 162 Å². The van der Waals surface area contributed by atoms with E-state index in [1.807, 2.05) is 6.07 Å². The number of aromatic nitrogens is 4. The molecule has 2 atom stereocenters. The van der Waals surface area contributed by atoms with Gasteiger partial charge in [-0.3, -0.25) is 0 Å². The standard InChI is InChI=1S/C19H22N6O3/c1-2-20-17(21-3-1)15-16(19-4-12(5-28-19)22-10-19)23-11-24-18(15)25-13-6-26-8-14(25)9-27-7-13/h1-3,11-14,22H,4-10H2. The van der Waals surface area contributed by atoms with E-state index in [1.54, 1.807) is 18.7 Å². The topological polar surface area (TPSA) is 94.5 Å². The zero-order valence-corrected chi connectivity index (χ0v) is 15.5. The summed E-state index contributed by atoms with van der Waals surface area (Å²) in [5.74, 6) is 1.48. The second kappa shape index (κ2) is 6.41. The average Bonchev–Trinajstić information content (AvgIpc) is 3.36. The molecule has 4 bridgehead atoms. The van der Waals surface area contributed by atoms with Gasteiger partial charge < -0.3 is 24.4 Å². The molecule has 0 radical (unpaired) electrons. The summed E-state index contributed by atoms with van der Waals surface area (Å²) >= 11 is 0. The Hall–Kier alpha value is -2.20. The Kier molecular flexibility index (Phi) is 3.83. The van der Waals surface area contributed by atoms with E-state index in [0.29, 0.717) is 44.9 Å². The summed E-state index contributed by atoms with van der Waals surface area (Å²) in [5.41, 5.74) is 1.29. The molecule has 2 unspecified atom stereocenters. The Morgan fingerprint density at radius 1 is 0.964 bits per heavy atom. The fourth-order valence-electron chi connectivity index (χ4n) is 4.88. The van der Waals surface area contributed by atoms with E-state index < -0.39 is 5.60 Å². The van der Waals surface area contributed by atoms with E-state index in [0.717, 1.165) is 30.0 Å². The molecular weight excluding hydrogens is 360 g/mol. The third-order valence-electron chi connectivity index (χ3n) is 6.13. The molecule has 4 saturated heterocycles. The van der Waals surface area contributed by atoms with Crippen molar-refractivity contribution < 1.29 is 14.2 Å². The largest absolute Gasteiger partial charge is 0.377 e. The van der Waals surface area contributed by atoms with E-state index in [4.69, 9.17) is 24.2 Å². The molecule has 0 saturated carbocycles. The monoisotopic (exact) mass is 382 g/mol. The maximum atomic E-state index is 6.25. The molecule has 9 heteroatoms. The van der Waals surface area contributed by atoms with Crippen LogP contribution >= 0.6 is 0 Å². The molecule has 0 aliphatic carbocycles. The van der Waals surface area contributed by atoms with Crippen LogP contribution in [0.25, 0.3) is 11.4 Å². The number of anilines is 1. The van der Waals surface area contributed by atoms with Gasteiger partial charge in [-0.1, -0.05) is 0 Å². The lowest BCUT2D eigenvalue weighted by Gasteiger charge is -2.46. The van der Waals surface area contributed by atoms with Gasteiger partial charge in [0.05, 0.1) is 56.4 Å². The predicted molar refractivity (Wildman–Crippen MR) is 98.8 cm³/mol. The molecule has 28 heavy (non-hydrogen) atoms. The zero-order valence-electron chi connectivity index (χ0n) is 15.5. The van der Waals surface area contributed by atoms with Crippen molar-refractivity contribution in [2.24, 2.45) is 0 Å². The van der Waals surface area contributed by atoms with Gasteiger partial charge >= 0.3 is 0 Å². The van der Waals surface area contributed by atoms with Gasteiger partial charge in [-0.15, -0.1) is 0 Å². The van der Waals surface area contributed by atoms with Gasteiger partial charge in [-0.05, 0) is 6.07 Å². The molecule has 146 valence electrons. The molecule has 0 aromatic carbocycles. The average molecular weight is 382 g/mol. The lowest BCUT2D eigenvalue weighted by Crippen LogP contribution is -2.60. The highest BCUT2D eigenvalue weighted by molar-refractivity contribution is 5.75. The molecule has 2 aromatic heterocycles. The number of nitrogens with one attached hydrogen (secondary N) is 1. The minimum absolute atomic E-state index is 0.120. The number of rotatable bonds is 3. The van der Waals surface area contributed by atoms with Crippen molar-refractivity contribution in [2.45, 2.75) is 30.1 Å². The van der Waals surface area contributed by atoms with E-state index in [-0.39, 0.29) is 12.1 Å². The third-order valence-corrected chi connectivity index (χ3v) is 6.13. The SMILES string of the molecule is c1cnc(-c2c(N3C4COCC3COC4)ncnc2C23CNC(CO2)C3)nc1. The van der Waals surface area contributed by atoms with Gasteiger partial charge in [-0.25, -0.2) is 19.9 Å². The highest BCUT2D eigenvalue weighted by Crippen LogP contribution is 2.45. The second-order valence-corrected chi connectivity index (χ2v) is 7.87. The van der Waals surface area contributed by atoms with Gasteiger partial charge in [0.2, 0.25) is 0 Å². The summed E-state index contributed by atoms with van der Waals surface area (Å²) in [4.78, 5) is 20.9. The van der Waals surface area contributed by atoms with Crippen molar-refractivity contribution in [2.75, 3.05) is 44.5 Å². The minimum atomic E-state index is -0.450. The van der Waals surface area contributed by atoms with E-state index in [2.05, 4.69) is 20.2 Å². The van der Waals surface area contributed by atoms with Crippen LogP contribution in [0.5, 0.6) is 0 Å². The summed E-state index contributed by atoms with van der Waals surface area (Å²) in [5, 5.41) is 3.53. The smallest absolute Gasteiger partial charge is 0.164 e. The van der Waals surface area contributed by atoms with Crippen LogP contribution in [0.4, 0.5) is 5.82 Å². The van der Waals surface area contributed by atoms with Crippen molar-refractivity contribution in [1.29, 1.82) is 0 Å². The minimum Gasteiger partial charge on any atom is -0.377 e. The summed E-state index contributed by atoms with van der Waals surface area (Å²) in [6.07, 6.45) is 6.07. The fourth-order valence-corrected chi connectivity index (χ4v) is 4.88. The highest BCUT2D eigenvalue weighted by atomic mass is 16.5. The van der Waals surface area contributed by atoms with Crippen LogP contribution in [0.3, 0.4) is 0 Å². The van der Waals surface area contributed by atoms with E-state index in [1.165, 1.54) is 0 Å². The molecule has 1 N–H and O–H groups in total. The number of morpholine rings is 3. The molecule has 4 aliphatic heterocycles. The quantitative estimate of drug-likeness (QED) is 0.794. The lowest BCUT2D eigenvalue weighted by molar-refractivity contribution is -0.0351. The first-order chi connectivity index (χ1) is 13.8. The van der Waals surface area contributed by atoms with E-state index >= 15 is 0 Å². The number of hydrogen-bond acceptors (Lipinski definition) is 9. The zero-order chi connectivity index (χ0) is 18.6. The van der Waals surface area contributed by atoms with Crippen LogP contribution in [0.1, 0.15) is 12.1 Å². The molecule has 0 spiro atoms. The van der Waals surface area contributed by atoms with Gasteiger partial charge in [-0.2, -0.15) is 0 Å². The Morgan fingerprint density at radius 2 is 1.71 bits per heavy atom. The van der Waals surface area contributed by atoms with Gasteiger partial charge in [0.25, 0.3) is 0 Å². The second-order valence-electron chi connectivity index (χ2n) is 7.87. The van der Waals surface area contributed by atoms with Crippen LogP contribution in [0.2, 0.25) is 0 Å². The molecule has 2 aromatic rings. The number of hydrogen-bond donors (Lipinski definition) is 1. The number of fused-ring (bicyclic) bond motifs is 4. The van der Waals surface area contributed by atoms with Crippen LogP contribution < -0.4 is 10.2 Å². The maximum Gasteiger partial charge on any atom is 0.164 e. The number of nitrogens with zero attached hydrogens (tertiary/aromatic N) is 5. The fraction of sp³-hybridized carbons (Fsp3) is 0.579. The van der Waals surface area contributed by atoms with Crippen molar-refractivity contribution in [3.05, 3.63) is 30.5 Å². The first kappa shape index (κ1) is 16.7. The Morgan fingerprint density at radius 3 is 2.32 bits per heavy atom. The van der Waals surface area contributed by atoms with Gasteiger partial charge in [0.1, 0.15) is 17.7 Å². The first-order valence-electron chi connectivity index (χ1n) is 9.78. The predicted octanol–water partition coefficient (Wildman–Crippen LogP) is 0.125. The van der Waals surface area contributed by atoms with Crippen molar-refractivity contribution in [3.8, 4) is 11.4 Å². The first-order valence-corrected chi connectivity index (χ1v) is 9.78. The molecule has 6 rings (SSSR count). The van der Waals surface area contributed by atoms with Crippen molar-refractivity contribution >= 4 is 5.82 Å². The normalized spacial score (nSPS) is 34.0. The van der Waals surface area contributed by atoms with Gasteiger partial charge in [0.15, 0.2) is 5.82 Å². The summed E-state index contributed by atoms with van der Waals surface area (Å²) in [7, 11) is 0. The Bertz CT molecular complexity index is 851. The van der Waals surface area contributed by atoms with Crippen LogP contribution in [0.15, 0.2) is 24.8 Å². The maximum absolute atomic E-state index is 6.25. The highest BCUT2D eigenvalue weighted by Gasteiger charge is 2.51. The Balaban J connectivity index is 1.55. The summed E-state index contributed by atoms with van der Waals surface area (Å²) in [6, 6.07) is 2.43. The molecule has 4 aliphatic rings. The molecule has 4 fully saturated rings. The number of ether oxygens (including phenoxy) is 3. The van der Waals surface area contributed by atoms with Crippen LogP contribution in [0, 0.1) is 0 Å². The van der Waals surface area contributed by atoms with Crippen LogP contribution in [-0.4, -0.2) is 77.6 Å². The van der Waals surface area contributed by atoms with Crippen LogP contribution in [-0.2, 0) is 19.8 Å². The van der Waals surface area contributed by atoms with E-state index in [9.17, 15) is 0 Å². The van der Waals surface area contributed by atoms with Gasteiger partial charge in [0, 0.05) is 31.4 Å². The summed E-state index contributed by atoms with van der Waals surface area (Å²) < 4.78 is 17.8. The molecule has 9 nitrogen and oxygen atoms in total. The summed E-state index contributed by atoms with van der Waals surface area (Å²) in [6.45, 7) is 3.93. The molecule has 0 amide bonds.